The summed E-state index contributed by atoms with van der Waals surface area (Å²) < 4.78 is 0. The van der Waals surface area contributed by atoms with Crippen LogP contribution in [-0.4, -0.2) is 48.5 Å². The lowest BCUT2D eigenvalue weighted by Crippen LogP contribution is -2.41. The molecule has 0 atom stereocenters. The predicted molar refractivity (Wildman–Crippen MR) is 71.5 cm³/mol. The smallest absolute Gasteiger partial charge is 0.219 e. The molecule has 2 rings (SSSR count). The molecule has 0 unspecified atom stereocenters. The zero-order valence-corrected chi connectivity index (χ0v) is 10.7. The molecule has 1 aromatic carbocycles. The molecule has 1 aromatic rings. The minimum atomic E-state index is 0.173. The van der Waals surface area contributed by atoms with E-state index in [4.69, 9.17) is 0 Å². The summed E-state index contributed by atoms with van der Waals surface area (Å²) in [5.41, 5.74) is 0.797. The van der Waals surface area contributed by atoms with Gasteiger partial charge in [-0.25, -0.2) is 5.32 Å². The van der Waals surface area contributed by atoms with Gasteiger partial charge in [-0.15, -0.1) is 0 Å². The van der Waals surface area contributed by atoms with Gasteiger partial charge in [0.15, 0.2) is 0 Å². The van der Waals surface area contributed by atoms with E-state index in [1.165, 1.54) is 11.8 Å². The summed E-state index contributed by atoms with van der Waals surface area (Å²) in [4.78, 5) is 14.2. The lowest BCUT2D eigenvalue weighted by Gasteiger charge is -2.25. The molecule has 91 valence electrons. The third kappa shape index (κ3) is 4.15. The molecule has 4 heteroatoms. The van der Waals surface area contributed by atoms with Crippen molar-refractivity contribution >= 4 is 16.9 Å². The summed E-state index contributed by atoms with van der Waals surface area (Å²) in [5, 5.41) is 4.48. The number of carbonyl (C=O) groups is 1. The Morgan fingerprint density at radius 1 is 1.24 bits per heavy atom. The fraction of sp³-hybridized carbons (Fsp3) is 0.462. The molecule has 0 N–H and O–H groups in total. The second kappa shape index (κ2) is 6.79. The fourth-order valence-electron chi connectivity index (χ4n) is 1.80. The zero-order chi connectivity index (χ0) is 11.9. The number of nitrogens with zero attached hydrogens (tertiary/aromatic N) is 2. The second-order valence-corrected chi connectivity index (χ2v) is 5.08. The van der Waals surface area contributed by atoms with Crippen LogP contribution in [0, 0.1) is 0 Å². The number of hydrogen-bond donors (Lipinski definition) is 0. The minimum Gasteiger partial charge on any atom is -0.300 e. The van der Waals surface area contributed by atoms with Gasteiger partial charge in [0, 0.05) is 44.0 Å². The number of thioether (sulfide) groups is 1. The Morgan fingerprint density at radius 2 is 1.94 bits per heavy atom. The molecule has 3 nitrogen and oxygen atoms in total. The quantitative estimate of drug-likeness (QED) is 0.810. The Morgan fingerprint density at radius 3 is 2.65 bits per heavy atom. The van der Waals surface area contributed by atoms with Crippen LogP contribution in [0.3, 0.4) is 0 Å². The summed E-state index contributed by atoms with van der Waals surface area (Å²) in [6.45, 7) is 4.95. The first-order chi connectivity index (χ1) is 8.36. The van der Waals surface area contributed by atoms with Crippen molar-refractivity contribution in [2.45, 2.75) is 0 Å². The van der Waals surface area contributed by atoms with E-state index in [2.05, 4.69) is 10.2 Å². The Bertz CT molecular complexity index is 350. The van der Waals surface area contributed by atoms with Gasteiger partial charge in [0.2, 0.25) is 5.12 Å². The molecule has 0 saturated carbocycles. The van der Waals surface area contributed by atoms with Crippen molar-refractivity contribution in [1.82, 2.24) is 10.2 Å². The summed E-state index contributed by atoms with van der Waals surface area (Å²) in [5.74, 6) is 0.869. The SMILES string of the molecule is O=C(SCCN1CC[N]CC1)c1ccccc1. The maximum atomic E-state index is 11.8. The van der Waals surface area contributed by atoms with Gasteiger partial charge in [-0.05, 0) is 0 Å². The third-order valence-electron chi connectivity index (χ3n) is 2.80. The Balaban J connectivity index is 1.69. The molecule has 1 aliphatic rings. The number of benzene rings is 1. The molecule has 1 radical (unpaired) electrons. The molecule has 0 bridgehead atoms. The van der Waals surface area contributed by atoms with Crippen LogP contribution in [0.15, 0.2) is 30.3 Å². The van der Waals surface area contributed by atoms with Crippen LogP contribution in [0.4, 0.5) is 0 Å². The molecule has 1 saturated heterocycles. The molecule has 1 fully saturated rings. The summed E-state index contributed by atoms with van der Waals surface area (Å²) in [6, 6.07) is 9.47. The zero-order valence-electron chi connectivity index (χ0n) is 9.84. The normalized spacial score (nSPS) is 16.9. The van der Waals surface area contributed by atoms with Gasteiger partial charge >= 0.3 is 0 Å². The molecule has 0 aliphatic carbocycles. The molecule has 0 amide bonds. The van der Waals surface area contributed by atoms with Gasteiger partial charge in [0.25, 0.3) is 0 Å². The maximum absolute atomic E-state index is 11.8. The average Bonchev–Trinajstić information content (AvgIpc) is 2.41. The van der Waals surface area contributed by atoms with Crippen LogP contribution in [-0.2, 0) is 0 Å². The Kier molecular flexibility index (Phi) is 5.04. The monoisotopic (exact) mass is 249 g/mol. The molecule has 0 aromatic heterocycles. The number of piperazine rings is 1. The van der Waals surface area contributed by atoms with Crippen LogP contribution in [0.2, 0.25) is 0 Å². The van der Waals surface area contributed by atoms with Crippen molar-refractivity contribution in [3.8, 4) is 0 Å². The lowest BCUT2D eigenvalue weighted by atomic mass is 10.2. The van der Waals surface area contributed by atoms with Crippen molar-refractivity contribution < 1.29 is 4.79 Å². The lowest BCUT2D eigenvalue weighted by molar-refractivity contribution is 0.108. The van der Waals surface area contributed by atoms with Gasteiger partial charge in [0.1, 0.15) is 0 Å². The molecular weight excluding hydrogens is 232 g/mol. The standard InChI is InChI=1S/C13H17N2OS/c16-13(12-4-2-1-3-5-12)17-11-10-15-8-6-14-7-9-15/h1-5H,6-11H2. The first-order valence-electron chi connectivity index (χ1n) is 5.94. The van der Waals surface area contributed by atoms with Gasteiger partial charge < -0.3 is 0 Å². The van der Waals surface area contributed by atoms with E-state index < -0.39 is 0 Å². The van der Waals surface area contributed by atoms with Crippen molar-refractivity contribution in [2.75, 3.05) is 38.5 Å². The molecule has 0 spiro atoms. The van der Waals surface area contributed by atoms with Crippen molar-refractivity contribution in [3.63, 3.8) is 0 Å². The predicted octanol–water partition coefficient (Wildman–Crippen LogP) is 1.48. The van der Waals surface area contributed by atoms with Crippen LogP contribution in [0.5, 0.6) is 0 Å². The van der Waals surface area contributed by atoms with Crippen molar-refractivity contribution in [3.05, 3.63) is 35.9 Å². The highest BCUT2D eigenvalue weighted by atomic mass is 32.2. The first-order valence-corrected chi connectivity index (χ1v) is 6.92. The fourth-order valence-corrected chi connectivity index (χ4v) is 2.63. The van der Waals surface area contributed by atoms with Gasteiger partial charge in [-0.1, -0.05) is 42.1 Å². The van der Waals surface area contributed by atoms with Gasteiger partial charge in [0.05, 0.1) is 0 Å². The van der Waals surface area contributed by atoms with Crippen LogP contribution in [0.25, 0.3) is 0 Å². The van der Waals surface area contributed by atoms with E-state index in [0.29, 0.717) is 0 Å². The van der Waals surface area contributed by atoms with E-state index >= 15 is 0 Å². The van der Waals surface area contributed by atoms with E-state index in [1.807, 2.05) is 30.3 Å². The summed E-state index contributed by atoms with van der Waals surface area (Å²) in [7, 11) is 0. The third-order valence-corrected chi connectivity index (χ3v) is 3.68. The Hall–Kier alpha value is -0.840. The van der Waals surface area contributed by atoms with Gasteiger partial charge in [-0.3, -0.25) is 9.69 Å². The van der Waals surface area contributed by atoms with Crippen LogP contribution >= 0.6 is 11.8 Å². The first kappa shape index (κ1) is 12.6. The summed E-state index contributed by atoms with van der Waals surface area (Å²) >= 11 is 1.41. The van der Waals surface area contributed by atoms with Crippen molar-refractivity contribution in [1.29, 1.82) is 0 Å². The van der Waals surface area contributed by atoms with E-state index in [-0.39, 0.29) is 5.12 Å². The molecule has 17 heavy (non-hydrogen) atoms. The molecular formula is C13H17N2OS. The largest absolute Gasteiger partial charge is 0.300 e. The maximum Gasteiger partial charge on any atom is 0.219 e. The second-order valence-electron chi connectivity index (χ2n) is 4.01. The van der Waals surface area contributed by atoms with E-state index in [0.717, 1.165) is 44.0 Å². The molecule has 1 aliphatic heterocycles. The van der Waals surface area contributed by atoms with Crippen LogP contribution < -0.4 is 5.32 Å². The molecule has 1 heterocycles. The van der Waals surface area contributed by atoms with Crippen molar-refractivity contribution in [2.24, 2.45) is 0 Å². The summed E-state index contributed by atoms with van der Waals surface area (Å²) in [6.07, 6.45) is 0. The van der Waals surface area contributed by atoms with Gasteiger partial charge in [-0.2, -0.15) is 0 Å². The van der Waals surface area contributed by atoms with E-state index in [9.17, 15) is 4.79 Å². The van der Waals surface area contributed by atoms with Crippen LogP contribution in [0.1, 0.15) is 10.4 Å². The average molecular weight is 249 g/mol. The highest BCUT2D eigenvalue weighted by molar-refractivity contribution is 8.14. The number of hydrogen-bond acceptors (Lipinski definition) is 3. The topological polar surface area (TPSA) is 34.4 Å². The Labute approximate surface area is 107 Å². The highest BCUT2D eigenvalue weighted by Gasteiger charge is 2.11. The minimum absolute atomic E-state index is 0.173. The highest BCUT2D eigenvalue weighted by Crippen LogP contribution is 2.12. The van der Waals surface area contributed by atoms with E-state index in [1.54, 1.807) is 0 Å². The number of carbonyl (C=O) groups excluding carboxylic acids is 1. The number of rotatable bonds is 4.